The van der Waals surface area contributed by atoms with E-state index in [0.29, 0.717) is 29.9 Å². The third kappa shape index (κ3) is 1.80. The Morgan fingerprint density at radius 3 is 2.88 bits per heavy atom. The van der Waals surface area contributed by atoms with Crippen molar-refractivity contribution in [3.8, 4) is 5.75 Å². The summed E-state index contributed by atoms with van der Waals surface area (Å²) in [5.41, 5.74) is 1.06. The van der Waals surface area contributed by atoms with E-state index in [4.69, 9.17) is 4.74 Å². The monoisotopic (exact) mass is 239 g/mol. The molecule has 1 saturated heterocycles. The van der Waals surface area contributed by atoms with Gasteiger partial charge in [-0.1, -0.05) is 6.42 Å². The molecule has 1 unspecified atom stereocenters. The van der Waals surface area contributed by atoms with Crippen molar-refractivity contribution in [2.75, 3.05) is 13.2 Å². The van der Waals surface area contributed by atoms with Crippen LogP contribution in [0.4, 0.5) is 8.78 Å². The molecule has 2 heterocycles. The summed E-state index contributed by atoms with van der Waals surface area (Å²) in [5.74, 6) is -0.515. The summed E-state index contributed by atoms with van der Waals surface area (Å²) in [6.45, 7) is 1.34. The van der Waals surface area contributed by atoms with Crippen LogP contribution in [0.5, 0.6) is 5.75 Å². The van der Waals surface area contributed by atoms with Crippen LogP contribution in [0.25, 0.3) is 0 Å². The number of nitrogens with one attached hydrogen (secondary N) is 1. The summed E-state index contributed by atoms with van der Waals surface area (Å²) in [4.78, 5) is 0. The molecule has 1 N–H and O–H groups in total. The molecule has 2 aliphatic heterocycles. The zero-order chi connectivity index (χ0) is 11.8. The van der Waals surface area contributed by atoms with Crippen LogP contribution in [0.1, 0.15) is 36.4 Å². The summed E-state index contributed by atoms with van der Waals surface area (Å²) < 4.78 is 32.9. The van der Waals surface area contributed by atoms with Gasteiger partial charge in [-0.05, 0) is 19.4 Å². The van der Waals surface area contributed by atoms with E-state index >= 15 is 0 Å². The summed E-state index contributed by atoms with van der Waals surface area (Å²) in [6.07, 6.45) is 3.62. The Balaban J connectivity index is 2.06. The van der Waals surface area contributed by atoms with Crippen LogP contribution in [0.2, 0.25) is 0 Å². The second kappa shape index (κ2) is 4.26. The van der Waals surface area contributed by atoms with Crippen LogP contribution in [0.15, 0.2) is 6.07 Å². The van der Waals surface area contributed by atoms with Crippen molar-refractivity contribution >= 4 is 0 Å². The summed E-state index contributed by atoms with van der Waals surface area (Å²) in [5, 5.41) is 3.28. The molecule has 1 atom stereocenters. The maximum absolute atomic E-state index is 13.9. The number of hydrogen-bond donors (Lipinski definition) is 1. The minimum atomic E-state index is -0.484. The Bertz CT molecular complexity index is 442. The molecule has 17 heavy (non-hydrogen) atoms. The van der Waals surface area contributed by atoms with Crippen molar-refractivity contribution in [2.45, 2.75) is 31.7 Å². The van der Waals surface area contributed by atoms with E-state index < -0.39 is 11.6 Å². The molecule has 1 aromatic carbocycles. The van der Waals surface area contributed by atoms with E-state index in [-0.39, 0.29) is 6.04 Å². The van der Waals surface area contributed by atoms with E-state index in [1.807, 2.05) is 0 Å². The van der Waals surface area contributed by atoms with Gasteiger partial charge >= 0.3 is 0 Å². The lowest BCUT2D eigenvalue weighted by Gasteiger charge is -2.25. The van der Waals surface area contributed by atoms with Crippen LogP contribution in [-0.4, -0.2) is 13.2 Å². The summed E-state index contributed by atoms with van der Waals surface area (Å²) in [6, 6.07) is 0.968. The van der Waals surface area contributed by atoms with Gasteiger partial charge in [0, 0.05) is 29.7 Å². The zero-order valence-corrected chi connectivity index (χ0v) is 9.56. The molecule has 0 bridgehead atoms. The Morgan fingerprint density at radius 2 is 2.12 bits per heavy atom. The molecule has 1 fully saturated rings. The van der Waals surface area contributed by atoms with Gasteiger partial charge in [0.15, 0.2) is 0 Å². The van der Waals surface area contributed by atoms with Crippen LogP contribution in [-0.2, 0) is 6.42 Å². The van der Waals surface area contributed by atoms with Gasteiger partial charge in [-0.3, -0.25) is 0 Å². The third-order valence-corrected chi connectivity index (χ3v) is 3.57. The predicted molar refractivity (Wildman–Crippen MR) is 60.2 cm³/mol. The van der Waals surface area contributed by atoms with Gasteiger partial charge < -0.3 is 10.1 Å². The maximum atomic E-state index is 13.9. The number of ether oxygens (including phenoxy) is 1. The number of piperidine rings is 1. The molecule has 0 spiro atoms. The molecular formula is C13H15F2NO. The Kier molecular flexibility index (Phi) is 2.74. The minimum Gasteiger partial charge on any atom is -0.492 e. The van der Waals surface area contributed by atoms with E-state index in [2.05, 4.69) is 5.32 Å². The highest BCUT2D eigenvalue weighted by atomic mass is 19.1. The van der Waals surface area contributed by atoms with Gasteiger partial charge in [0.05, 0.1) is 6.61 Å². The lowest BCUT2D eigenvalue weighted by molar-refractivity contribution is 0.333. The molecule has 2 nitrogen and oxygen atoms in total. The Morgan fingerprint density at radius 1 is 1.24 bits per heavy atom. The van der Waals surface area contributed by atoms with Gasteiger partial charge in [-0.25, -0.2) is 8.78 Å². The highest BCUT2D eigenvalue weighted by Crippen LogP contribution is 2.39. The molecule has 3 rings (SSSR count). The van der Waals surface area contributed by atoms with Crippen molar-refractivity contribution in [3.63, 3.8) is 0 Å². The fourth-order valence-corrected chi connectivity index (χ4v) is 2.73. The van der Waals surface area contributed by atoms with Gasteiger partial charge in [0.2, 0.25) is 0 Å². The van der Waals surface area contributed by atoms with Crippen LogP contribution >= 0.6 is 0 Å². The zero-order valence-electron chi connectivity index (χ0n) is 9.56. The second-order valence-electron chi connectivity index (χ2n) is 4.66. The molecular weight excluding hydrogens is 224 g/mol. The second-order valence-corrected chi connectivity index (χ2v) is 4.66. The minimum absolute atomic E-state index is 0.0313. The molecule has 1 aromatic rings. The van der Waals surface area contributed by atoms with Gasteiger partial charge in [0.25, 0.3) is 0 Å². The standard InChI is InChI=1S/C13H15F2NO/c14-9-7-10(15)12(11-3-1-2-5-16-11)13-8(9)4-6-17-13/h7,11,16H,1-6H2. The number of fused-ring (bicyclic) bond motifs is 1. The first-order chi connectivity index (χ1) is 8.27. The SMILES string of the molecule is Fc1cc(F)c(C2CCCCN2)c2c1CCO2. The molecule has 4 heteroatoms. The molecule has 92 valence electrons. The van der Waals surface area contributed by atoms with Gasteiger partial charge in [-0.15, -0.1) is 0 Å². The van der Waals surface area contributed by atoms with Crippen molar-refractivity contribution < 1.29 is 13.5 Å². The Hall–Kier alpha value is -1.16. The largest absolute Gasteiger partial charge is 0.492 e. The highest BCUT2D eigenvalue weighted by molar-refractivity contribution is 5.47. The third-order valence-electron chi connectivity index (χ3n) is 3.57. The van der Waals surface area contributed by atoms with Gasteiger partial charge in [-0.2, -0.15) is 0 Å². The topological polar surface area (TPSA) is 21.3 Å². The summed E-state index contributed by atoms with van der Waals surface area (Å²) >= 11 is 0. The lowest BCUT2D eigenvalue weighted by atomic mass is 9.94. The number of benzene rings is 1. The van der Waals surface area contributed by atoms with Crippen molar-refractivity contribution in [3.05, 3.63) is 28.8 Å². The molecule has 0 aliphatic carbocycles. The van der Waals surface area contributed by atoms with Crippen LogP contribution in [0, 0.1) is 11.6 Å². The molecule has 0 aromatic heterocycles. The first-order valence-electron chi connectivity index (χ1n) is 6.14. The highest BCUT2D eigenvalue weighted by Gasteiger charge is 2.29. The van der Waals surface area contributed by atoms with E-state index in [1.165, 1.54) is 0 Å². The van der Waals surface area contributed by atoms with Gasteiger partial charge in [0.1, 0.15) is 17.4 Å². The van der Waals surface area contributed by atoms with Crippen molar-refractivity contribution in [1.29, 1.82) is 0 Å². The van der Waals surface area contributed by atoms with Crippen LogP contribution in [0.3, 0.4) is 0 Å². The summed E-state index contributed by atoms with van der Waals surface area (Å²) in [7, 11) is 0. The average molecular weight is 239 g/mol. The fraction of sp³-hybridized carbons (Fsp3) is 0.538. The van der Waals surface area contributed by atoms with Crippen molar-refractivity contribution in [1.82, 2.24) is 5.32 Å². The van der Waals surface area contributed by atoms with E-state index in [9.17, 15) is 8.78 Å². The smallest absolute Gasteiger partial charge is 0.134 e. The number of hydrogen-bond acceptors (Lipinski definition) is 2. The first-order valence-corrected chi connectivity index (χ1v) is 6.14. The lowest BCUT2D eigenvalue weighted by Crippen LogP contribution is -2.28. The molecule has 2 aliphatic rings. The van der Waals surface area contributed by atoms with E-state index in [0.717, 1.165) is 31.9 Å². The normalized spacial score (nSPS) is 23.3. The molecule has 0 amide bonds. The average Bonchev–Trinajstić information content (AvgIpc) is 2.79. The Labute approximate surface area is 99.0 Å². The van der Waals surface area contributed by atoms with Crippen LogP contribution < -0.4 is 10.1 Å². The predicted octanol–water partition coefficient (Wildman–Crippen LogP) is 2.71. The number of rotatable bonds is 1. The van der Waals surface area contributed by atoms with Crippen molar-refractivity contribution in [2.24, 2.45) is 0 Å². The fourth-order valence-electron chi connectivity index (χ4n) is 2.73. The number of halogens is 2. The van der Waals surface area contributed by atoms with E-state index in [1.54, 1.807) is 0 Å². The maximum Gasteiger partial charge on any atom is 0.134 e. The molecule has 0 saturated carbocycles. The molecule has 0 radical (unpaired) electrons. The first kappa shape index (κ1) is 11.0. The quantitative estimate of drug-likeness (QED) is 0.813.